The molecule has 0 saturated heterocycles. The Hall–Kier alpha value is -1.55. The van der Waals surface area contributed by atoms with Crippen LogP contribution >= 0.6 is 15.9 Å². The molecule has 3 nitrogen and oxygen atoms in total. The first-order valence-corrected chi connectivity index (χ1v) is 7.02. The highest BCUT2D eigenvalue weighted by molar-refractivity contribution is 9.09. The highest BCUT2D eigenvalue weighted by Gasteiger charge is 2.15. The molecule has 1 aromatic carbocycles. The summed E-state index contributed by atoms with van der Waals surface area (Å²) in [4.78, 5) is 12.4. The summed E-state index contributed by atoms with van der Waals surface area (Å²) < 4.78 is 5.38. The van der Waals surface area contributed by atoms with Gasteiger partial charge in [0.2, 0.25) is 0 Å². The molecule has 19 heavy (non-hydrogen) atoms. The fourth-order valence-corrected chi connectivity index (χ4v) is 2.40. The molecule has 0 radical (unpaired) electrons. The molecule has 1 amide bonds. The summed E-state index contributed by atoms with van der Waals surface area (Å²) in [5, 5.41) is 2.93. The van der Waals surface area contributed by atoms with Gasteiger partial charge in [0.25, 0.3) is 5.91 Å². The highest BCUT2D eigenvalue weighted by Crippen LogP contribution is 2.29. The van der Waals surface area contributed by atoms with Crippen LogP contribution in [0.15, 0.2) is 34.7 Å². The molecule has 1 aromatic heterocycles. The molecule has 1 unspecified atom stereocenters. The minimum Gasteiger partial charge on any atom is -0.466 e. The minimum absolute atomic E-state index is 0.144. The van der Waals surface area contributed by atoms with Crippen LogP contribution in [0.2, 0.25) is 0 Å². The molecule has 2 aromatic rings. The summed E-state index contributed by atoms with van der Waals surface area (Å²) >= 11 is 3.53. The molecular formula is C15H16BrNO2. The Morgan fingerprint density at radius 1 is 1.32 bits per heavy atom. The number of aryl methyl sites for hydroxylation is 2. The number of carbonyl (C=O) groups is 1. The number of nitrogens with one attached hydrogen (secondary N) is 1. The lowest BCUT2D eigenvalue weighted by molar-refractivity contribution is 0.102. The third-order valence-electron chi connectivity index (χ3n) is 2.92. The van der Waals surface area contributed by atoms with E-state index in [0.717, 1.165) is 17.0 Å². The van der Waals surface area contributed by atoms with Gasteiger partial charge in [-0.2, -0.15) is 0 Å². The molecule has 4 heteroatoms. The molecule has 1 N–H and O–H groups in total. The van der Waals surface area contributed by atoms with Crippen LogP contribution in [0, 0.1) is 13.8 Å². The molecule has 0 saturated carbocycles. The second-order valence-electron chi connectivity index (χ2n) is 4.48. The maximum absolute atomic E-state index is 12.2. The van der Waals surface area contributed by atoms with E-state index in [1.807, 2.05) is 38.1 Å². The van der Waals surface area contributed by atoms with Crippen LogP contribution in [0.1, 0.15) is 39.2 Å². The van der Waals surface area contributed by atoms with E-state index in [1.54, 1.807) is 13.0 Å². The summed E-state index contributed by atoms with van der Waals surface area (Å²) in [6, 6.07) is 9.50. The van der Waals surface area contributed by atoms with Crippen LogP contribution < -0.4 is 5.32 Å². The summed E-state index contributed by atoms with van der Waals surface area (Å²) in [7, 11) is 0. The van der Waals surface area contributed by atoms with Crippen molar-refractivity contribution < 1.29 is 9.21 Å². The number of alkyl halides is 1. The maximum Gasteiger partial charge on any atom is 0.259 e. The Morgan fingerprint density at radius 3 is 2.58 bits per heavy atom. The number of anilines is 1. The molecule has 0 aliphatic heterocycles. The van der Waals surface area contributed by atoms with Crippen molar-refractivity contribution in [2.45, 2.75) is 25.6 Å². The molecule has 0 aliphatic rings. The van der Waals surface area contributed by atoms with Crippen molar-refractivity contribution in [2.24, 2.45) is 0 Å². The molecule has 0 fully saturated rings. The predicted molar refractivity (Wildman–Crippen MR) is 79.9 cm³/mol. The summed E-state index contributed by atoms with van der Waals surface area (Å²) in [6.07, 6.45) is 0. The smallest absolute Gasteiger partial charge is 0.259 e. The van der Waals surface area contributed by atoms with E-state index in [4.69, 9.17) is 4.42 Å². The molecule has 1 atom stereocenters. The van der Waals surface area contributed by atoms with E-state index in [1.165, 1.54) is 0 Å². The predicted octanol–water partition coefficient (Wildman–Crippen LogP) is 4.60. The lowest BCUT2D eigenvalue weighted by Gasteiger charge is -2.12. The number of halogens is 1. The van der Waals surface area contributed by atoms with E-state index < -0.39 is 0 Å². The molecule has 0 spiro atoms. The van der Waals surface area contributed by atoms with Crippen molar-refractivity contribution in [3.63, 3.8) is 0 Å². The highest BCUT2D eigenvalue weighted by atomic mass is 79.9. The molecule has 1 heterocycles. The molecular weight excluding hydrogens is 306 g/mol. The number of rotatable bonds is 3. The van der Waals surface area contributed by atoms with Gasteiger partial charge in [-0.3, -0.25) is 4.79 Å². The van der Waals surface area contributed by atoms with Gasteiger partial charge in [0.15, 0.2) is 0 Å². The quantitative estimate of drug-likeness (QED) is 0.839. The lowest BCUT2D eigenvalue weighted by atomic mass is 10.1. The second kappa shape index (κ2) is 5.61. The Morgan fingerprint density at radius 2 is 2.00 bits per heavy atom. The minimum atomic E-state index is -0.144. The van der Waals surface area contributed by atoms with Crippen molar-refractivity contribution >= 4 is 27.5 Å². The van der Waals surface area contributed by atoms with Crippen LogP contribution in [-0.2, 0) is 0 Å². The van der Waals surface area contributed by atoms with Crippen LogP contribution in [0.4, 0.5) is 5.69 Å². The number of para-hydroxylation sites is 1. The van der Waals surface area contributed by atoms with Crippen molar-refractivity contribution in [1.82, 2.24) is 0 Å². The number of benzene rings is 1. The zero-order chi connectivity index (χ0) is 14.0. The molecule has 0 bridgehead atoms. The van der Waals surface area contributed by atoms with Gasteiger partial charge in [0, 0.05) is 10.5 Å². The van der Waals surface area contributed by atoms with Gasteiger partial charge in [-0.25, -0.2) is 0 Å². The monoisotopic (exact) mass is 321 g/mol. The summed E-state index contributed by atoms with van der Waals surface area (Å²) in [5.41, 5.74) is 2.44. The zero-order valence-corrected chi connectivity index (χ0v) is 12.7. The average molecular weight is 322 g/mol. The van der Waals surface area contributed by atoms with Crippen LogP contribution in [0.25, 0.3) is 0 Å². The number of hydrogen-bond acceptors (Lipinski definition) is 2. The first kappa shape index (κ1) is 13.9. The Balaban J connectivity index is 2.27. The maximum atomic E-state index is 12.2. The van der Waals surface area contributed by atoms with Crippen molar-refractivity contribution in [1.29, 1.82) is 0 Å². The van der Waals surface area contributed by atoms with E-state index in [0.29, 0.717) is 11.3 Å². The molecule has 100 valence electrons. The van der Waals surface area contributed by atoms with Crippen LogP contribution in [0.5, 0.6) is 0 Å². The fourth-order valence-electron chi connectivity index (χ4n) is 2.00. The van der Waals surface area contributed by atoms with Gasteiger partial charge in [-0.1, -0.05) is 34.1 Å². The normalized spacial score (nSPS) is 12.2. The van der Waals surface area contributed by atoms with Crippen molar-refractivity contribution in [3.05, 3.63) is 53.0 Å². The second-order valence-corrected chi connectivity index (χ2v) is 5.86. The van der Waals surface area contributed by atoms with Crippen LogP contribution in [0.3, 0.4) is 0 Å². The zero-order valence-electron chi connectivity index (χ0n) is 11.2. The van der Waals surface area contributed by atoms with E-state index in [2.05, 4.69) is 21.2 Å². The largest absolute Gasteiger partial charge is 0.466 e. The van der Waals surface area contributed by atoms with Gasteiger partial charge < -0.3 is 9.73 Å². The van der Waals surface area contributed by atoms with Crippen molar-refractivity contribution in [3.8, 4) is 0 Å². The van der Waals surface area contributed by atoms with Gasteiger partial charge in [-0.05, 0) is 38.5 Å². The van der Waals surface area contributed by atoms with Crippen molar-refractivity contribution in [2.75, 3.05) is 5.32 Å². The van der Waals surface area contributed by atoms with E-state index in [-0.39, 0.29) is 10.7 Å². The van der Waals surface area contributed by atoms with E-state index >= 15 is 0 Å². The Kier molecular flexibility index (Phi) is 4.10. The Labute approximate surface area is 121 Å². The third kappa shape index (κ3) is 3.07. The fraction of sp³-hybridized carbons (Fsp3) is 0.267. The summed E-state index contributed by atoms with van der Waals surface area (Å²) in [6.45, 7) is 5.65. The average Bonchev–Trinajstić information content (AvgIpc) is 2.69. The number of furan rings is 1. The van der Waals surface area contributed by atoms with Crippen LogP contribution in [-0.4, -0.2) is 5.91 Å². The van der Waals surface area contributed by atoms with Gasteiger partial charge in [-0.15, -0.1) is 0 Å². The number of carbonyl (C=O) groups excluding carboxylic acids is 1. The molecule has 0 aliphatic carbocycles. The van der Waals surface area contributed by atoms with E-state index in [9.17, 15) is 4.79 Å². The first-order valence-electron chi connectivity index (χ1n) is 6.10. The Bertz CT molecular complexity index is 602. The van der Waals surface area contributed by atoms with Gasteiger partial charge >= 0.3 is 0 Å². The topological polar surface area (TPSA) is 42.2 Å². The molecule has 2 rings (SSSR count). The van der Waals surface area contributed by atoms with Gasteiger partial charge in [0.05, 0.1) is 5.56 Å². The summed E-state index contributed by atoms with van der Waals surface area (Å²) in [5.74, 6) is 1.24. The number of hydrogen-bond donors (Lipinski definition) is 1. The third-order valence-corrected chi connectivity index (χ3v) is 3.42. The van der Waals surface area contributed by atoms with Gasteiger partial charge in [0.1, 0.15) is 11.5 Å². The number of amides is 1. The first-order chi connectivity index (χ1) is 8.99. The lowest BCUT2D eigenvalue weighted by Crippen LogP contribution is -2.13. The standard InChI is InChI=1S/C15H16BrNO2/c1-9-8-13(11(3)19-9)15(18)17-14-7-5-4-6-12(14)10(2)16/h4-8,10H,1-3H3,(H,17,18). The SMILES string of the molecule is Cc1cc(C(=O)Nc2ccccc2C(C)Br)c(C)o1.